The second-order valence-corrected chi connectivity index (χ2v) is 6.92. The third-order valence-corrected chi connectivity index (χ3v) is 4.49. The number of aromatic nitrogens is 2. The van der Waals surface area contributed by atoms with Gasteiger partial charge < -0.3 is 10.1 Å². The largest absolute Gasteiger partial charge is 0.479 e. The second kappa shape index (κ2) is 8.93. The molecule has 0 saturated heterocycles. The molecular formula is C20H19Cl2N3O2. The van der Waals surface area contributed by atoms with Crippen molar-refractivity contribution in [3.63, 3.8) is 0 Å². The molecule has 1 heterocycles. The van der Waals surface area contributed by atoms with Gasteiger partial charge in [-0.2, -0.15) is 5.10 Å². The molecule has 3 aromatic rings. The van der Waals surface area contributed by atoms with E-state index in [0.29, 0.717) is 28.9 Å². The first-order valence-electron chi connectivity index (χ1n) is 8.46. The molecule has 0 spiro atoms. The lowest BCUT2D eigenvalue weighted by Crippen LogP contribution is -2.35. The molecule has 27 heavy (non-hydrogen) atoms. The van der Waals surface area contributed by atoms with E-state index in [9.17, 15) is 4.79 Å². The zero-order chi connectivity index (χ0) is 19.2. The van der Waals surface area contributed by atoms with Crippen LogP contribution < -0.4 is 10.1 Å². The van der Waals surface area contributed by atoms with Gasteiger partial charge in [0.15, 0.2) is 6.10 Å². The van der Waals surface area contributed by atoms with Gasteiger partial charge in [0.1, 0.15) is 5.75 Å². The Hall–Kier alpha value is -2.50. The average Bonchev–Trinajstić information content (AvgIpc) is 3.16. The molecule has 2 aromatic carbocycles. The molecule has 3 rings (SSSR count). The van der Waals surface area contributed by atoms with Gasteiger partial charge in [0.2, 0.25) is 0 Å². The Bertz CT molecular complexity index is 896. The fraction of sp³-hybridized carbons (Fsp3) is 0.200. The lowest BCUT2D eigenvalue weighted by atomic mass is 10.1. The van der Waals surface area contributed by atoms with E-state index in [1.165, 1.54) is 0 Å². The van der Waals surface area contributed by atoms with Crippen LogP contribution in [0.25, 0.3) is 0 Å². The van der Waals surface area contributed by atoms with Gasteiger partial charge in [-0.25, -0.2) is 0 Å². The number of benzene rings is 2. The summed E-state index contributed by atoms with van der Waals surface area (Å²) in [4.78, 5) is 12.3. The van der Waals surface area contributed by atoms with E-state index in [0.717, 1.165) is 11.1 Å². The number of amides is 1. The monoisotopic (exact) mass is 403 g/mol. The molecule has 1 amide bonds. The summed E-state index contributed by atoms with van der Waals surface area (Å²) in [5.41, 5.74) is 2.15. The molecular weight excluding hydrogens is 385 g/mol. The summed E-state index contributed by atoms with van der Waals surface area (Å²) >= 11 is 11.9. The highest BCUT2D eigenvalue weighted by atomic mass is 35.5. The molecule has 0 fully saturated rings. The summed E-state index contributed by atoms with van der Waals surface area (Å²) in [6, 6.07) is 14.8. The predicted molar refractivity (Wildman–Crippen MR) is 106 cm³/mol. The first-order chi connectivity index (χ1) is 13.0. The lowest BCUT2D eigenvalue weighted by Gasteiger charge is -2.16. The third-order valence-electron chi connectivity index (χ3n) is 3.96. The highest BCUT2D eigenvalue weighted by Gasteiger charge is 2.16. The highest BCUT2D eigenvalue weighted by Crippen LogP contribution is 2.28. The van der Waals surface area contributed by atoms with Crippen molar-refractivity contribution in [3.05, 3.63) is 82.1 Å². The van der Waals surface area contributed by atoms with Crippen LogP contribution in [0.1, 0.15) is 18.1 Å². The average molecular weight is 404 g/mol. The van der Waals surface area contributed by atoms with Gasteiger partial charge in [-0.15, -0.1) is 0 Å². The number of hydrogen-bond acceptors (Lipinski definition) is 3. The molecule has 0 aliphatic heterocycles. The fourth-order valence-corrected chi connectivity index (χ4v) is 2.94. The molecule has 0 aliphatic rings. The zero-order valence-corrected chi connectivity index (χ0v) is 16.2. The molecule has 0 unspecified atom stereocenters. The Morgan fingerprint density at radius 2 is 1.93 bits per heavy atom. The molecule has 0 radical (unpaired) electrons. The van der Waals surface area contributed by atoms with Crippen LogP contribution in [-0.2, 0) is 17.9 Å². The SMILES string of the molecule is C[C@H](Oc1ccc(Cl)cc1Cl)C(=O)NCc1ccc(Cn2cccn2)cc1. The summed E-state index contributed by atoms with van der Waals surface area (Å²) in [7, 11) is 0. The number of halogens is 2. The Morgan fingerprint density at radius 1 is 1.19 bits per heavy atom. The van der Waals surface area contributed by atoms with Crippen molar-refractivity contribution in [1.82, 2.24) is 15.1 Å². The van der Waals surface area contributed by atoms with Gasteiger partial charge >= 0.3 is 0 Å². The Morgan fingerprint density at radius 3 is 2.59 bits per heavy atom. The summed E-state index contributed by atoms with van der Waals surface area (Å²) in [6.07, 6.45) is 3.00. The molecule has 7 heteroatoms. The van der Waals surface area contributed by atoms with Gasteiger partial charge in [0.25, 0.3) is 5.91 Å². The molecule has 0 bridgehead atoms. The standard InChI is InChI=1S/C20H19Cl2N3O2/c1-14(27-19-8-7-17(21)11-18(19)22)20(26)23-12-15-3-5-16(6-4-15)13-25-10-2-9-24-25/h2-11,14H,12-13H2,1H3,(H,23,26)/t14-/m0/s1. The molecule has 5 nitrogen and oxygen atoms in total. The van der Waals surface area contributed by atoms with Crippen molar-refractivity contribution < 1.29 is 9.53 Å². The van der Waals surface area contributed by atoms with Crippen LogP contribution >= 0.6 is 23.2 Å². The first kappa shape index (κ1) is 19.3. The quantitative estimate of drug-likeness (QED) is 0.638. The number of ether oxygens (including phenoxy) is 1. The Balaban J connectivity index is 1.50. The summed E-state index contributed by atoms with van der Waals surface area (Å²) in [5, 5.41) is 7.94. The van der Waals surface area contributed by atoms with Crippen molar-refractivity contribution in [2.45, 2.75) is 26.1 Å². The van der Waals surface area contributed by atoms with Gasteiger partial charge in [0, 0.05) is 24.0 Å². The summed E-state index contributed by atoms with van der Waals surface area (Å²) in [5.74, 6) is 0.202. The second-order valence-electron chi connectivity index (χ2n) is 6.07. The van der Waals surface area contributed by atoms with E-state index in [4.69, 9.17) is 27.9 Å². The van der Waals surface area contributed by atoms with Crippen LogP contribution in [0.3, 0.4) is 0 Å². The van der Waals surface area contributed by atoms with Crippen LogP contribution in [-0.4, -0.2) is 21.8 Å². The van der Waals surface area contributed by atoms with E-state index in [1.54, 1.807) is 31.3 Å². The Labute approximate surface area is 167 Å². The van der Waals surface area contributed by atoms with Crippen molar-refractivity contribution in [3.8, 4) is 5.75 Å². The summed E-state index contributed by atoms with van der Waals surface area (Å²) < 4.78 is 7.47. The van der Waals surface area contributed by atoms with Gasteiger partial charge in [0.05, 0.1) is 11.6 Å². The predicted octanol–water partition coefficient (Wildman–Crippen LogP) is 4.32. The third kappa shape index (κ3) is 5.49. The maximum Gasteiger partial charge on any atom is 0.261 e. The van der Waals surface area contributed by atoms with Gasteiger partial charge in [-0.05, 0) is 42.3 Å². The number of hydrogen-bond donors (Lipinski definition) is 1. The molecule has 0 saturated carbocycles. The molecule has 1 N–H and O–H groups in total. The van der Waals surface area contributed by atoms with Crippen molar-refractivity contribution in [2.75, 3.05) is 0 Å². The smallest absolute Gasteiger partial charge is 0.261 e. The minimum Gasteiger partial charge on any atom is -0.479 e. The number of nitrogens with zero attached hydrogens (tertiary/aromatic N) is 2. The number of rotatable bonds is 7. The van der Waals surface area contributed by atoms with Crippen molar-refractivity contribution in [2.24, 2.45) is 0 Å². The number of nitrogens with one attached hydrogen (secondary N) is 1. The molecule has 1 aromatic heterocycles. The molecule has 140 valence electrons. The van der Waals surface area contributed by atoms with Crippen LogP contribution in [0.5, 0.6) is 5.75 Å². The van der Waals surface area contributed by atoms with E-state index in [2.05, 4.69) is 10.4 Å². The van der Waals surface area contributed by atoms with Crippen LogP contribution in [0.2, 0.25) is 10.0 Å². The van der Waals surface area contributed by atoms with E-state index < -0.39 is 6.10 Å². The topological polar surface area (TPSA) is 56.1 Å². The molecule has 0 aliphatic carbocycles. The number of carbonyl (C=O) groups excluding carboxylic acids is 1. The molecule has 1 atom stereocenters. The highest BCUT2D eigenvalue weighted by molar-refractivity contribution is 6.35. The number of carbonyl (C=O) groups is 1. The fourth-order valence-electron chi connectivity index (χ4n) is 2.49. The summed E-state index contributed by atoms with van der Waals surface area (Å²) in [6.45, 7) is 2.81. The zero-order valence-electron chi connectivity index (χ0n) is 14.7. The Kier molecular flexibility index (Phi) is 6.37. The first-order valence-corrected chi connectivity index (χ1v) is 9.21. The van der Waals surface area contributed by atoms with Crippen LogP contribution in [0.4, 0.5) is 0 Å². The normalized spacial score (nSPS) is 11.8. The minimum absolute atomic E-state index is 0.221. The van der Waals surface area contributed by atoms with Crippen molar-refractivity contribution in [1.29, 1.82) is 0 Å². The maximum absolute atomic E-state index is 12.3. The van der Waals surface area contributed by atoms with E-state index in [-0.39, 0.29) is 5.91 Å². The maximum atomic E-state index is 12.3. The van der Waals surface area contributed by atoms with Gasteiger partial charge in [-0.3, -0.25) is 9.48 Å². The van der Waals surface area contributed by atoms with E-state index >= 15 is 0 Å². The lowest BCUT2D eigenvalue weighted by molar-refractivity contribution is -0.127. The van der Waals surface area contributed by atoms with Crippen LogP contribution in [0, 0.1) is 0 Å². The van der Waals surface area contributed by atoms with E-state index in [1.807, 2.05) is 41.2 Å². The van der Waals surface area contributed by atoms with Gasteiger partial charge in [-0.1, -0.05) is 47.5 Å². The van der Waals surface area contributed by atoms with Crippen molar-refractivity contribution >= 4 is 29.1 Å². The minimum atomic E-state index is -0.678. The van der Waals surface area contributed by atoms with Crippen LogP contribution in [0.15, 0.2) is 60.9 Å².